The van der Waals surface area contributed by atoms with Crippen molar-refractivity contribution in [1.29, 1.82) is 0 Å². The second-order valence-corrected chi connectivity index (χ2v) is 7.84. The van der Waals surface area contributed by atoms with Gasteiger partial charge in [-0.05, 0) is 69.1 Å². The Hall–Kier alpha value is -0.0800. The Labute approximate surface area is 111 Å². The zero-order valence-electron chi connectivity index (χ0n) is 11.6. The zero-order chi connectivity index (χ0) is 12.2. The minimum absolute atomic E-state index is 0.427. The van der Waals surface area contributed by atoms with Crippen molar-refractivity contribution in [1.82, 2.24) is 5.01 Å². The van der Waals surface area contributed by atoms with Gasteiger partial charge in [0.05, 0.1) is 0 Å². The molecule has 0 aromatic heterocycles. The molecule has 5 fully saturated rings. The van der Waals surface area contributed by atoms with Crippen molar-refractivity contribution < 1.29 is 0 Å². The van der Waals surface area contributed by atoms with Gasteiger partial charge < -0.3 is 0 Å². The summed E-state index contributed by atoms with van der Waals surface area (Å²) >= 11 is 0. The van der Waals surface area contributed by atoms with Crippen molar-refractivity contribution in [2.45, 2.75) is 82.2 Å². The minimum Gasteiger partial charge on any atom is -0.268 e. The Kier molecular flexibility index (Phi) is 2.74. The van der Waals surface area contributed by atoms with Gasteiger partial charge in [0.1, 0.15) is 0 Å². The van der Waals surface area contributed by atoms with Gasteiger partial charge >= 0.3 is 0 Å². The van der Waals surface area contributed by atoms with Crippen LogP contribution in [0.25, 0.3) is 0 Å². The second kappa shape index (κ2) is 4.21. The molecular weight excluding hydrogens is 220 g/mol. The molecule has 0 radical (unpaired) electrons. The summed E-state index contributed by atoms with van der Waals surface area (Å²) in [5.41, 5.74) is 0.427. The maximum atomic E-state index is 6.68. The first kappa shape index (κ1) is 11.7. The molecule has 5 rings (SSSR count). The molecular formula is C16H28N2. The quantitative estimate of drug-likeness (QED) is 0.599. The highest BCUT2D eigenvalue weighted by atomic mass is 15.5. The van der Waals surface area contributed by atoms with E-state index in [1.54, 1.807) is 0 Å². The number of hydrogen-bond donors (Lipinski definition) is 1. The number of rotatable bonds is 2. The minimum atomic E-state index is 0.427. The first-order chi connectivity index (χ1) is 8.75. The van der Waals surface area contributed by atoms with Crippen LogP contribution in [0.5, 0.6) is 0 Å². The maximum Gasteiger partial charge on any atom is 0.0362 e. The van der Waals surface area contributed by atoms with E-state index in [-0.39, 0.29) is 0 Å². The molecule has 0 amide bonds. The molecule has 0 unspecified atom stereocenters. The molecule has 5 saturated carbocycles. The zero-order valence-corrected chi connectivity index (χ0v) is 11.6. The number of hydrogen-bond acceptors (Lipinski definition) is 2. The summed E-state index contributed by atoms with van der Waals surface area (Å²) in [6.07, 6.45) is 15.8. The van der Waals surface area contributed by atoms with Crippen LogP contribution in [0.2, 0.25) is 0 Å². The maximum absolute atomic E-state index is 6.68. The van der Waals surface area contributed by atoms with E-state index >= 15 is 0 Å². The van der Waals surface area contributed by atoms with E-state index < -0.39 is 0 Å². The average molecular weight is 248 g/mol. The predicted molar refractivity (Wildman–Crippen MR) is 73.8 cm³/mol. The van der Waals surface area contributed by atoms with Gasteiger partial charge in [0.2, 0.25) is 0 Å². The van der Waals surface area contributed by atoms with Crippen LogP contribution in [0, 0.1) is 17.8 Å². The summed E-state index contributed by atoms with van der Waals surface area (Å²) in [4.78, 5) is 0. The topological polar surface area (TPSA) is 29.3 Å². The highest BCUT2D eigenvalue weighted by molar-refractivity contribution is 5.07. The SMILES string of the molecule is NN(C1CCCCC1)C12CC3CC(CC(C3)C1)C2. The monoisotopic (exact) mass is 248 g/mol. The summed E-state index contributed by atoms with van der Waals surface area (Å²) in [7, 11) is 0. The molecule has 0 heterocycles. The van der Waals surface area contributed by atoms with Crippen molar-refractivity contribution in [2.75, 3.05) is 0 Å². The molecule has 2 N–H and O–H groups in total. The third-order valence-corrected chi connectivity index (χ3v) is 6.52. The van der Waals surface area contributed by atoms with Crippen molar-refractivity contribution in [3.05, 3.63) is 0 Å². The molecule has 102 valence electrons. The lowest BCUT2D eigenvalue weighted by molar-refractivity contribution is -0.110. The van der Waals surface area contributed by atoms with E-state index in [2.05, 4.69) is 5.01 Å². The van der Waals surface area contributed by atoms with Gasteiger partial charge in [-0.1, -0.05) is 19.3 Å². The Bertz CT molecular complexity index is 284. The van der Waals surface area contributed by atoms with Gasteiger partial charge in [-0.2, -0.15) is 0 Å². The normalized spacial score (nSPS) is 48.0. The third kappa shape index (κ3) is 1.76. The molecule has 5 aliphatic rings. The van der Waals surface area contributed by atoms with Gasteiger partial charge in [0.25, 0.3) is 0 Å². The number of hydrazine groups is 1. The number of nitrogens with two attached hydrogens (primary N) is 1. The molecule has 2 heteroatoms. The van der Waals surface area contributed by atoms with Crippen LogP contribution >= 0.6 is 0 Å². The Morgan fingerprint density at radius 2 is 1.28 bits per heavy atom. The predicted octanol–water partition coefficient (Wildman–Crippen LogP) is 3.46. The molecule has 0 aromatic carbocycles. The van der Waals surface area contributed by atoms with E-state index in [4.69, 9.17) is 5.84 Å². The van der Waals surface area contributed by atoms with Gasteiger partial charge in [0, 0.05) is 11.6 Å². The lowest BCUT2D eigenvalue weighted by Crippen LogP contribution is -2.65. The summed E-state index contributed by atoms with van der Waals surface area (Å²) in [6, 6.07) is 0.704. The van der Waals surface area contributed by atoms with Crippen LogP contribution in [0.1, 0.15) is 70.6 Å². The molecule has 4 bridgehead atoms. The van der Waals surface area contributed by atoms with E-state index in [0.717, 1.165) is 17.8 Å². The van der Waals surface area contributed by atoms with Crippen molar-refractivity contribution in [3.8, 4) is 0 Å². The van der Waals surface area contributed by atoms with Gasteiger partial charge in [-0.3, -0.25) is 5.84 Å². The molecule has 0 spiro atoms. The van der Waals surface area contributed by atoms with Crippen LogP contribution in [0.15, 0.2) is 0 Å². The molecule has 18 heavy (non-hydrogen) atoms. The van der Waals surface area contributed by atoms with Crippen molar-refractivity contribution in [3.63, 3.8) is 0 Å². The lowest BCUT2D eigenvalue weighted by Gasteiger charge is -2.61. The number of nitrogens with zero attached hydrogens (tertiary/aromatic N) is 1. The van der Waals surface area contributed by atoms with E-state index in [0.29, 0.717) is 11.6 Å². The fraction of sp³-hybridized carbons (Fsp3) is 1.00. The fourth-order valence-electron chi connectivity index (χ4n) is 6.13. The Morgan fingerprint density at radius 1 is 0.778 bits per heavy atom. The molecule has 5 aliphatic carbocycles. The van der Waals surface area contributed by atoms with E-state index in [1.165, 1.54) is 70.6 Å². The second-order valence-electron chi connectivity index (χ2n) is 7.84. The van der Waals surface area contributed by atoms with Crippen molar-refractivity contribution in [2.24, 2.45) is 23.6 Å². The van der Waals surface area contributed by atoms with E-state index in [9.17, 15) is 0 Å². The standard InChI is InChI=1S/C16H28N2/c17-18(15-4-2-1-3-5-15)16-9-12-6-13(10-16)8-14(7-12)11-16/h12-15H,1-11,17H2. The van der Waals surface area contributed by atoms with Gasteiger partial charge in [0.15, 0.2) is 0 Å². The van der Waals surface area contributed by atoms with Crippen LogP contribution in [0.4, 0.5) is 0 Å². The molecule has 0 atom stereocenters. The Balaban J connectivity index is 1.55. The molecule has 0 aliphatic heterocycles. The molecule has 0 saturated heterocycles. The largest absolute Gasteiger partial charge is 0.268 e. The van der Waals surface area contributed by atoms with E-state index in [1.807, 2.05) is 0 Å². The third-order valence-electron chi connectivity index (χ3n) is 6.52. The summed E-state index contributed by atoms with van der Waals surface area (Å²) in [6.45, 7) is 0. The summed E-state index contributed by atoms with van der Waals surface area (Å²) < 4.78 is 0. The average Bonchev–Trinajstić information content (AvgIpc) is 2.37. The van der Waals surface area contributed by atoms with Crippen LogP contribution in [-0.4, -0.2) is 16.6 Å². The van der Waals surface area contributed by atoms with Crippen LogP contribution in [-0.2, 0) is 0 Å². The highest BCUT2D eigenvalue weighted by Gasteiger charge is 2.54. The summed E-state index contributed by atoms with van der Waals surface area (Å²) in [5.74, 6) is 9.74. The van der Waals surface area contributed by atoms with Crippen LogP contribution < -0.4 is 5.84 Å². The van der Waals surface area contributed by atoms with Gasteiger partial charge in [-0.15, -0.1) is 0 Å². The van der Waals surface area contributed by atoms with Crippen molar-refractivity contribution >= 4 is 0 Å². The molecule has 2 nitrogen and oxygen atoms in total. The fourth-order valence-corrected chi connectivity index (χ4v) is 6.13. The molecule has 0 aromatic rings. The first-order valence-corrected chi connectivity index (χ1v) is 8.29. The van der Waals surface area contributed by atoms with Gasteiger partial charge in [-0.25, -0.2) is 5.01 Å². The Morgan fingerprint density at radius 3 is 1.78 bits per heavy atom. The smallest absolute Gasteiger partial charge is 0.0362 e. The lowest BCUT2D eigenvalue weighted by atomic mass is 9.52. The summed E-state index contributed by atoms with van der Waals surface area (Å²) in [5, 5.41) is 2.40. The van der Waals surface area contributed by atoms with Crippen LogP contribution in [0.3, 0.4) is 0 Å². The highest BCUT2D eigenvalue weighted by Crippen LogP contribution is 2.57. The first-order valence-electron chi connectivity index (χ1n) is 8.29.